The highest BCUT2D eigenvalue weighted by molar-refractivity contribution is 7.80. The maximum atomic E-state index is 12.6. The number of amides is 1. The van der Waals surface area contributed by atoms with Crippen LogP contribution in [0.1, 0.15) is 41.4 Å². The van der Waals surface area contributed by atoms with Crippen LogP contribution in [0.25, 0.3) is 33.9 Å². The lowest BCUT2D eigenvalue weighted by atomic mass is 10.0. The minimum absolute atomic E-state index is 0.0181. The molecular formula is C29H24N4O5S. The number of fused-ring (bicyclic) bond motifs is 1. The van der Waals surface area contributed by atoms with E-state index in [4.69, 9.17) is 21.1 Å². The Labute approximate surface area is 229 Å². The lowest BCUT2D eigenvalue weighted by molar-refractivity contribution is -0.384. The summed E-state index contributed by atoms with van der Waals surface area (Å²) < 4.78 is 11.5. The number of aromatic nitrogens is 1. The van der Waals surface area contributed by atoms with E-state index in [2.05, 4.69) is 41.6 Å². The molecule has 0 saturated carbocycles. The minimum Gasteiger partial charge on any atom is -0.451 e. The molecule has 10 heteroatoms. The van der Waals surface area contributed by atoms with Crippen LogP contribution in [0.2, 0.25) is 0 Å². The maximum absolute atomic E-state index is 12.6. The Balaban J connectivity index is 1.18. The monoisotopic (exact) mass is 540 g/mol. The number of benzene rings is 3. The van der Waals surface area contributed by atoms with Crippen LogP contribution >= 0.6 is 12.2 Å². The lowest BCUT2D eigenvalue weighted by Gasteiger charge is -2.09. The molecule has 2 N–H and O–H groups in total. The third-order valence-corrected chi connectivity index (χ3v) is 6.40. The van der Waals surface area contributed by atoms with Gasteiger partial charge in [-0.15, -0.1) is 0 Å². The molecule has 39 heavy (non-hydrogen) atoms. The number of carbonyl (C=O) groups excluding carboxylic acids is 1. The number of carbonyl (C=O) groups is 1. The van der Waals surface area contributed by atoms with Crippen LogP contribution in [-0.4, -0.2) is 20.9 Å². The molecule has 0 spiro atoms. The van der Waals surface area contributed by atoms with Crippen LogP contribution in [0, 0.1) is 10.1 Å². The number of rotatable bonds is 7. The highest BCUT2D eigenvalue weighted by Gasteiger charge is 2.19. The zero-order valence-corrected chi connectivity index (χ0v) is 22.0. The van der Waals surface area contributed by atoms with Crippen molar-refractivity contribution in [3.05, 3.63) is 106 Å². The first-order chi connectivity index (χ1) is 18.8. The van der Waals surface area contributed by atoms with E-state index in [0.29, 0.717) is 18.4 Å². The zero-order chi connectivity index (χ0) is 27.5. The summed E-state index contributed by atoms with van der Waals surface area (Å²) in [6.45, 7) is 4.66. The van der Waals surface area contributed by atoms with Crippen LogP contribution in [0.5, 0.6) is 0 Å². The molecule has 0 bridgehead atoms. The van der Waals surface area contributed by atoms with Gasteiger partial charge in [0.2, 0.25) is 5.89 Å². The van der Waals surface area contributed by atoms with E-state index >= 15 is 0 Å². The van der Waals surface area contributed by atoms with Gasteiger partial charge in [0.1, 0.15) is 11.3 Å². The highest BCUT2D eigenvalue weighted by Crippen LogP contribution is 2.31. The molecule has 196 valence electrons. The van der Waals surface area contributed by atoms with Gasteiger partial charge in [-0.05, 0) is 71.7 Å². The molecule has 0 unspecified atom stereocenters. The number of hydrogen-bond donors (Lipinski definition) is 2. The van der Waals surface area contributed by atoms with Gasteiger partial charge in [-0.25, -0.2) is 4.98 Å². The number of nitro benzene ring substituents is 1. The van der Waals surface area contributed by atoms with Crippen molar-refractivity contribution in [2.45, 2.75) is 26.3 Å². The molecule has 0 atom stereocenters. The van der Waals surface area contributed by atoms with Gasteiger partial charge in [0.15, 0.2) is 16.5 Å². The van der Waals surface area contributed by atoms with Crippen molar-refractivity contribution in [1.29, 1.82) is 0 Å². The quantitative estimate of drug-likeness (QED) is 0.135. The van der Waals surface area contributed by atoms with Crippen LogP contribution in [-0.2, 0) is 6.54 Å². The standard InChI is InChI=1S/C29H24N4O5S/c1-17(2)20-11-12-25-22(15-20)31-28(38-25)19-9-7-18(8-10-19)16-30-29(39)32-27(34)26-14-13-24(37-26)21-5-3-4-6-23(21)33(35)36/h3-15,17H,16H2,1-2H3,(H2,30,32,34,39). The normalized spacial score (nSPS) is 11.1. The molecule has 5 aromatic rings. The number of oxazole rings is 1. The Morgan fingerprint density at radius 3 is 2.54 bits per heavy atom. The second-order valence-corrected chi connectivity index (χ2v) is 9.58. The van der Waals surface area contributed by atoms with Gasteiger partial charge in [-0.3, -0.25) is 20.2 Å². The topological polar surface area (TPSA) is 123 Å². The van der Waals surface area contributed by atoms with Gasteiger partial charge in [-0.2, -0.15) is 0 Å². The van der Waals surface area contributed by atoms with Crippen molar-refractivity contribution in [3.63, 3.8) is 0 Å². The van der Waals surface area contributed by atoms with Gasteiger partial charge < -0.3 is 14.2 Å². The summed E-state index contributed by atoms with van der Waals surface area (Å²) in [5.74, 6) is 0.587. The number of nitrogens with zero attached hydrogens (tertiary/aromatic N) is 2. The molecule has 0 aliphatic carbocycles. The fourth-order valence-electron chi connectivity index (χ4n) is 4.03. The maximum Gasteiger partial charge on any atom is 0.293 e. The van der Waals surface area contributed by atoms with Gasteiger partial charge in [0.25, 0.3) is 11.6 Å². The molecule has 1 amide bonds. The molecule has 0 aliphatic rings. The largest absolute Gasteiger partial charge is 0.451 e. The molecule has 0 aliphatic heterocycles. The molecule has 3 aromatic carbocycles. The van der Waals surface area contributed by atoms with Gasteiger partial charge >= 0.3 is 0 Å². The number of hydrogen-bond acceptors (Lipinski definition) is 7. The van der Waals surface area contributed by atoms with E-state index in [1.807, 2.05) is 30.3 Å². The van der Waals surface area contributed by atoms with E-state index in [1.165, 1.54) is 23.8 Å². The third-order valence-electron chi connectivity index (χ3n) is 6.16. The summed E-state index contributed by atoms with van der Waals surface area (Å²) in [6.07, 6.45) is 0. The summed E-state index contributed by atoms with van der Waals surface area (Å²) in [5.41, 5.74) is 4.73. The van der Waals surface area contributed by atoms with Gasteiger partial charge in [0.05, 0.1) is 10.5 Å². The molecule has 9 nitrogen and oxygen atoms in total. The molecule has 0 saturated heterocycles. The van der Waals surface area contributed by atoms with Crippen LogP contribution < -0.4 is 10.6 Å². The van der Waals surface area contributed by atoms with Crippen LogP contribution in [0.4, 0.5) is 5.69 Å². The van der Waals surface area contributed by atoms with Crippen LogP contribution in [0.3, 0.4) is 0 Å². The first kappa shape index (κ1) is 25.8. The van der Waals surface area contributed by atoms with Crippen molar-refractivity contribution in [3.8, 4) is 22.8 Å². The fraction of sp³-hybridized carbons (Fsp3) is 0.138. The summed E-state index contributed by atoms with van der Waals surface area (Å²) in [6, 6.07) is 22.8. The SMILES string of the molecule is CC(C)c1ccc2oc(-c3ccc(CNC(=S)NC(=O)c4ccc(-c5ccccc5[N+](=O)[O-])o4)cc3)nc2c1. The average molecular weight is 541 g/mol. The predicted octanol–water partition coefficient (Wildman–Crippen LogP) is 6.59. The number of nitrogens with one attached hydrogen (secondary N) is 2. The highest BCUT2D eigenvalue weighted by atomic mass is 32.1. The van der Waals surface area contributed by atoms with Crippen molar-refractivity contribution < 1.29 is 18.6 Å². The van der Waals surface area contributed by atoms with Crippen LogP contribution in [0.15, 0.2) is 87.7 Å². The van der Waals surface area contributed by atoms with Gasteiger partial charge in [-0.1, -0.05) is 44.2 Å². The molecule has 2 aromatic heterocycles. The Kier molecular flexibility index (Phi) is 7.20. The van der Waals surface area contributed by atoms with E-state index in [-0.39, 0.29) is 27.9 Å². The molecule has 5 rings (SSSR count). The number of nitro groups is 1. The minimum atomic E-state index is -0.565. The van der Waals surface area contributed by atoms with Crippen molar-refractivity contribution in [2.24, 2.45) is 0 Å². The van der Waals surface area contributed by atoms with Gasteiger partial charge in [0, 0.05) is 18.2 Å². The Morgan fingerprint density at radius 1 is 1.03 bits per heavy atom. The number of para-hydroxylation sites is 1. The summed E-state index contributed by atoms with van der Waals surface area (Å²) in [7, 11) is 0. The van der Waals surface area contributed by atoms with E-state index in [0.717, 1.165) is 22.2 Å². The second-order valence-electron chi connectivity index (χ2n) is 9.17. The second kappa shape index (κ2) is 10.9. The van der Waals surface area contributed by atoms with E-state index in [1.54, 1.807) is 18.2 Å². The summed E-state index contributed by atoms with van der Waals surface area (Å²) in [5, 5.41) is 17.0. The fourth-order valence-corrected chi connectivity index (χ4v) is 4.19. The van der Waals surface area contributed by atoms with Crippen molar-refractivity contribution in [2.75, 3.05) is 0 Å². The predicted molar refractivity (Wildman–Crippen MR) is 151 cm³/mol. The average Bonchev–Trinajstić information content (AvgIpc) is 3.59. The molecule has 0 fully saturated rings. The number of furan rings is 1. The number of thiocarbonyl (C=S) groups is 1. The molecule has 2 heterocycles. The van der Waals surface area contributed by atoms with Crippen molar-refractivity contribution >= 4 is 40.0 Å². The smallest absolute Gasteiger partial charge is 0.293 e. The Bertz CT molecular complexity index is 1690. The molecular weight excluding hydrogens is 516 g/mol. The summed E-state index contributed by atoms with van der Waals surface area (Å²) in [4.78, 5) is 28.0. The molecule has 0 radical (unpaired) electrons. The Hall–Kier alpha value is -4.83. The van der Waals surface area contributed by atoms with E-state index in [9.17, 15) is 14.9 Å². The van der Waals surface area contributed by atoms with E-state index < -0.39 is 10.8 Å². The lowest BCUT2D eigenvalue weighted by Crippen LogP contribution is -2.38. The summed E-state index contributed by atoms with van der Waals surface area (Å²) >= 11 is 5.25. The third kappa shape index (κ3) is 5.70. The first-order valence-corrected chi connectivity index (χ1v) is 12.6. The first-order valence-electron chi connectivity index (χ1n) is 12.2. The van der Waals surface area contributed by atoms with Crippen molar-refractivity contribution in [1.82, 2.24) is 15.6 Å². The Morgan fingerprint density at radius 2 is 1.79 bits per heavy atom. The zero-order valence-electron chi connectivity index (χ0n) is 21.1.